The quantitative estimate of drug-likeness (QED) is 0.102. The van der Waals surface area contributed by atoms with E-state index in [1.54, 1.807) is 36.4 Å². The summed E-state index contributed by atoms with van der Waals surface area (Å²) >= 11 is 8.22. The molecule has 51 heavy (non-hydrogen) atoms. The standard InChI is InChI=1S/C36H21I4NO10/c37-24-13-19(14-25(38)31(24)44)49-32-26(39)7-15(8-27(32)40)9-28(34(46)47)41-33(45)16-1-4-20-23(10-16)36(51-35(20)48)21-5-2-17(42)11-29(21)50-30-12-18(43)3-6-22(30)36/h1-8,10-14,28,42-44H,9H2,(H,41,45)(H,46,47)/p-1/t28-/m0/s1. The van der Waals surface area contributed by atoms with Crippen LogP contribution in [0, 0.1) is 14.3 Å². The molecule has 4 N–H and O–H groups in total. The molecule has 0 saturated carbocycles. The molecule has 0 bridgehead atoms. The van der Waals surface area contributed by atoms with Crippen molar-refractivity contribution in [1.82, 2.24) is 5.32 Å². The first-order valence-corrected chi connectivity index (χ1v) is 19.1. The average molecular weight is 1130 g/mol. The lowest BCUT2D eigenvalue weighted by molar-refractivity contribution is -0.308. The Morgan fingerprint density at radius 3 is 1.94 bits per heavy atom. The Kier molecular flexibility index (Phi) is 9.67. The van der Waals surface area contributed by atoms with E-state index in [1.807, 2.05) is 45.2 Å². The lowest BCUT2D eigenvalue weighted by Gasteiger charge is -2.36. The molecule has 15 heteroatoms. The van der Waals surface area contributed by atoms with Gasteiger partial charge in [-0.05, 0) is 169 Å². The molecule has 0 fully saturated rings. The minimum Gasteiger partial charge on any atom is -0.548 e. The molecule has 11 nitrogen and oxygen atoms in total. The first-order chi connectivity index (χ1) is 24.2. The second kappa shape index (κ2) is 13.8. The van der Waals surface area contributed by atoms with Crippen LogP contribution in [-0.4, -0.2) is 39.2 Å². The van der Waals surface area contributed by atoms with Gasteiger partial charge in [0.15, 0.2) is 11.4 Å². The summed E-state index contributed by atoms with van der Waals surface area (Å²) < 4.78 is 20.8. The van der Waals surface area contributed by atoms with Crippen LogP contribution in [0.1, 0.15) is 43.0 Å². The van der Waals surface area contributed by atoms with Crippen molar-refractivity contribution >= 4 is 108 Å². The zero-order valence-corrected chi connectivity index (χ0v) is 34.1. The van der Waals surface area contributed by atoms with Crippen LogP contribution in [-0.2, 0) is 21.6 Å². The van der Waals surface area contributed by atoms with Crippen molar-refractivity contribution in [3.05, 3.63) is 127 Å². The molecular weight excluding hydrogens is 1110 g/mol. The number of phenolic OH excluding ortho intramolecular Hbond substituents is 3. The van der Waals surface area contributed by atoms with E-state index in [1.165, 1.54) is 42.5 Å². The van der Waals surface area contributed by atoms with Crippen molar-refractivity contribution in [3.8, 4) is 40.2 Å². The van der Waals surface area contributed by atoms with Crippen LogP contribution in [0.2, 0.25) is 0 Å². The maximum atomic E-state index is 13.7. The van der Waals surface area contributed by atoms with Gasteiger partial charge in [0.2, 0.25) is 0 Å². The molecule has 0 aliphatic carbocycles. The number of esters is 1. The highest BCUT2D eigenvalue weighted by Crippen LogP contribution is 2.57. The maximum absolute atomic E-state index is 13.7. The first-order valence-electron chi connectivity index (χ1n) is 14.8. The fraction of sp³-hybridized carbons (Fsp3) is 0.0833. The Morgan fingerprint density at radius 2 is 1.37 bits per heavy atom. The van der Waals surface area contributed by atoms with Crippen LogP contribution >= 0.6 is 90.4 Å². The molecule has 7 rings (SSSR count). The van der Waals surface area contributed by atoms with Gasteiger partial charge in [0.1, 0.15) is 34.5 Å². The summed E-state index contributed by atoms with van der Waals surface area (Å²) in [5, 5.41) is 45.4. The van der Waals surface area contributed by atoms with Gasteiger partial charge in [0, 0.05) is 34.4 Å². The number of carbonyl (C=O) groups is 3. The van der Waals surface area contributed by atoms with Crippen LogP contribution in [0.3, 0.4) is 0 Å². The number of carbonyl (C=O) groups excluding carboxylic acids is 3. The van der Waals surface area contributed by atoms with Gasteiger partial charge >= 0.3 is 5.97 Å². The lowest BCUT2D eigenvalue weighted by atomic mass is 9.77. The number of rotatable bonds is 7. The summed E-state index contributed by atoms with van der Waals surface area (Å²) in [6.45, 7) is 0. The molecule has 0 radical (unpaired) electrons. The zero-order chi connectivity index (χ0) is 36.4. The third-order valence-electron chi connectivity index (χ3n) is 8.33. The van der Waals surface area contributed by atoms with Crippen molar-refractivity contribution in [2.24, 2.45) is 0 Å². The summed E-state index contributed by atoms with van der Waals surface area (Å²) in [6.07, 6.45) is -0.100. The number of aliphatic carboxylic acids is 1. The Hall–Kier alpha value is -3.57. The number of amides is 1. The molecular formula is C36H20I4NO10-. The molecule has 0 unspecified atom stereocenters. The smallest absolute Gasteiger partial charge is 0.340 e. The summed E-state index contributed by atoms with van der Waals surface area (Å²) in [5.41, 5.74) is 0.278. The maximum Gasteiger partial charge on any atom is 0.340 e. The first kappa shape index (κ1) is 35.8. The normalized spacial score (nSPS) is 14.1. The second-order valence-corrected chi connectivity index (χ2v) is 16.2. The Morgan fingerprint density at radius 1 is 0.784 bits per heavy atom. The highest BCUT2D eigenvalue weighted by molar-refractivity contribution is 14.1. The molecule has 2 aliphatic heterocycles. The fourth-order valence-corrected chi connectivity index (χ4v) is 9.89. The van der Waals surface area contributed by atoms with Gasteiger partial charge in [-0.25, -0.2) is 4.79 Å². The predicted octanol–water partition coefficient (Wildman–Crippen LogP) is 6.67. The number of halogens is 4. The van der Waals surface area contributed by atoms with Crippen molar-refractivity contribution in [2.45, 2.75) is 18.1 Å². The molecule has 1 atom stereocenters. The second-order valence-electron chi connectivity index (χ2n) is 11.6. The Bertz CT molecular complexity index is 2230. The molecule has 0 saturated heterocycles. The van der Waals surface area contributed by atoms with Crippen LogP contribution < -0.4 is 19.9 Å². The van der Waals surface area contributed by atoms with Gasteiger partial charge < -0.3 is 44.7 Å². The molecule has 1 spiro atoms. The van der Waals surface area contributed by atoms with Gasteiger partial charge in [-0.1, -0.05) is 0 Å². The molecule has 0 aromatic heterocycles. The van der Waals surface area contributed by atoms with Gasteiger partial charge in [0.05, 0.1) is 31.9 Å². The van der Waals surface area contributed by atoms with Gasteiger partial charge in [-0.15, -0.1) is 0 Å². The molecule has 2 aliphatic rings. The van der Waals surface area contributed by atoms with Crippen molar-refractivity contribution in [3.63, 3.8) is 0 Å². The van der Waals surface area contributed by atoms with Gasteiger partial charge in [0.25, 0.3) is 5.91 Å². The molecule has 5 aromatic rings. The van der Waals surface area contributed by atoms with Crippen molar-refractivity contribution < 1.29 is 49.0 Å². The van der Waals surface area contributed by atoms with E-state index in [0.29, 0.717) is 48.0 Å². The average Bonchev–Trinajstić information content (AvgIpc) is 3.36. The van der Waals surface area contributed by atoms with E-state index in [2.05, 4.69) is 50.5 Å². The van der Waals surface area contributed by atoms with Crippen molar-refractivity contribution in [1.29, 1.82) is 0 Å². The molecule has 5 aromatic carbocycles. The monoisotopic (exact) mass is 1130 g/mol. The largest absolute Gasteiger partial charge is 0.548 e. The van der Waals surface area contributed by atoms with Gasteiger partial charge in [-0.3, -0.25) is 4.79 Å². The number of aromatic hydroxyl groups is 3. The Balaban J connectivity index is 1.19. The zero-order valence-electron chi connectivity index (χ0n) is 25.5. The number of nitrogens with one attached hydrogen (secondary N) is 1. The third-order valence-corrected chi connectivity index (χ3v) is 11.6. The number of hydrogen-bond donors (Lipinski definition) is 4. The van der Waals surface area contributed by atoms with Gasteiger partial charge in [-0.2, -0.15) is 0 Å². The van der Waals surface area contributed by atoms with Crippen molar-refractivity contribution in [2.75, 3.05) is 0 Å². The molecule has 2 heterocycles. The van der Waals surface area contributed by atoms with Crippen LogP contribution in [0.25, 0.3) is 0 Å². The summed E-state index contributed by atoms with van der Waals surface area (Å²) in [6, 6.07) is 18.4. The molecule has 258 valence electrons. The van der Waals surface area contributed by atoms with Crippen LogP contribution in [0.4, 0.5) is 0 Å². The fourth-order valence-electron chi connectivity index (χ4n) is 6.06. The van der Waals surface area contributed by atoms with Crippen LogP contribution in [0.15, 0.2) is 78.9 Å². The highest BCUT2D eigenvalue weighted by atomic mass is 127. The predicted molar refractivity (Wildman–Crippen MR) is 213 cm³/mol. The van der Waals surface area contributed by atoms with E-state index < -0.39 is 29.5 Å². The summed E-state index contributed by atoms with van der Waals surface area (Å²) in [7, 11) is 0. The van der Waals surface area contributed by atoms with E-state index in [0.717, 1.165) is 0 Å². The SMILES string of the molecule is O=C(N[C@@H](Cc1cc(I)c(Oc2cc(I)c(O)c(I)c2)c(I)c1)C(=O)[O-])c1ccc2c(c1)C1(OC2=O)c2ccc(O)cc2Oc2cc(O)ccc21. The number of phenols is 3. The molecule has 1 amide bonds. The number of benzene rings is 5. The summed E-state index contributed by atoms with van der Waals surface area (Å²) in [5.74, 6) is -1.51. The number of ether oxygens (including phenoxy) is 3. The van der Waals surface area contributed by atoms with E-state index in [9.17, 15) is 34.8 Å². The van der Waals surface area contributed by atoms with Crippen LogP contribution in [0.5, 0.6) is 40.2 Å². The lowest BCUT2D eigenvalue weighted by Crippen LogP contribution is -2.49. The highest BCUT2D eigenvalue weighted by Gasteiger charge is 2.54. The van der Waals surface area contributed by atoms with E-state index in [4.69, 9.17) is 14.2 Å². The number of carboxylic acid groups (broad SMARTS) is 1. The topological polar surface area (TPSA) is 175 Å². The van der Waals surface area contributed by atoms with E-state index >= 15 is 0 Å². The number of hydrogen-bond acceptors (Lipinski definition) is 10. The number of carboxylic acids is 1. The summed E-state index contributed by atoms with van der Waals surface area (Å²) in [4.78, 5) is 39.3. The Labute approximate surface area is 343 Å². The number of fused-ring (bicyclic) bond motifs is 6. The van der Waals surface area contributed by atoms with E-state index in [-0.39, 0.29) is 46.3 Å². The minimum absolute atomic E-state index is 0.0518. The third kappa shape index (κ3) is 6.53. The minimum atomic E-state index is -1.60.